The van der Waals surface area contributed by atoms with E-state index in [4.69, 9.17) is 4.52 Å². The maximum atomic E-state index is 12.5. The number of carbonyl (C=O) groups is 1. The molecule has 0 aliphatic carbocycles. The van der Waals surface area contributed by atoms with Gasteiger partial charge in [0, 0.05) is 23.2 Å². The van der Waals surface area contributed by atoms with E-state index in [1.54, 1.807) is 23.6 Å². The van der Waals surface area contributed by atoms with Gasteiger partial charge in [-0.1, -0.05) is 49.3 Å². The number of nitrogens with zero attached hydrogens (tertiary/aromatic N) is 2. The van der Waals surface area contributed by atoms with Crippen LogP contribution in [0.2, 0.25) is 0 Å². The zero-order chi connectivity index (χ0) is 16.9. The Bertz CT molecular complexity index is 782. The predicted octanol–water partition coefficient (Wildman–Crippen LogP) is 4.32. The van der Waals surface area contributed by atoms with Gasteiger partial charge in [0.2, 0.25) is 0 Å². The summed E-state index contributed by atoms with van der Waals surface area (Å²) in [6.07, 6.45) is 2.58. The largest absolute Gasteiger partial charge is 0.355 e. The molecule has 0 aliphatic heterocycles. The molecule has 0 spiro atoms. The van der Waals surface area contributed by atoms with E-state index in [-0.39, 0.29) is 17.6 Å². The Labute approximate surface area is 144 Å². The molecular weight excluding hydrogens is 322 g/mol. The molecule has 0 saturated carbocycles. The van der Waals surface area contributed by atoms with Crippen LogP contribution < -0.4 is 5.32 Å². The van der Waals surface area contributed by atoms with Gasteiger partial charge in [-0.2, -0.15) is 0 Å². The summed E-state index contributed by atoms with van der Waals surface area (Å²) in [5, 5.41) is 9.74. The number of nitrogens with one attached hydrogen (secondary N) is 1. The van der Waals surface area contributed by atoms with Crippen molar-refractivity contribution in [3.63, 3.8) is 0 Å². The van der Waals surface area contributed by atoms with E-state index in [1.165, 1.54) is 0 Å². The van der Waals surface area contributed by atoms with E-state index < -0.39 is 0 Å². The smallest absolute Gasteiger partial charge is 0.274 e. The topological polar surface area (TPSA) is 68.0 Å². The Kier molecular flexibility index (Phi) is 5.05. The predicted molar refractivity (Wildman–Crippen MR) is 93.7 cm³/mol. The lowest BCUT2D eigenvalue weighted by molar-refractivity contribution is 0.0923. The molecule has 0 bridgehead atoms. The van der Waals surface area contributed by atoms with E-state index in [0.29, 0.717) is 11.7 Å². The van der Waals surface area contributed by atoms with Gasteiger partial charge in [0.05, 0.1) is 6.04 Å². The number of benzene rings is 1. The van der Waals surface area contributed by atoms with Gasteiger partial charge >= 0.3 is 0 Å². The molecule has 1 atom stereocenters. The molecule has 6 heteroatoms. The Morgan fingerprint density at radius 2 is 2.08 bits per heavy atom. The van der Waals surface area contributed by atoms with E-state index in [0.717, 1.165) is 17.0 Å². The summed E-state index contributed by atoms with van der Waals surface area (Å²) in [5.74, 6) is 0.772. The van der Waals surface area contributed by atoms with Gasteiger partial charge in [-0.05, 0) is 12.3 Å². The zero-order valence-electron chi connectivity index (χ0n) is 13.6. The summed E-state index contributed by atoms with van der Waals surface area (Å²) in [7, 11) is 0. The second-order valence-corrected chi connectivity index (χ2v) is 6.89. The van der Waals surface area contributed by atoms with E-state index in [2.05, 4.69) is 29.3 Å². The number of amides is 1. The highest BCUT2D eigenvalue weighted by atomic mass is 32.1. The van der Waals surface area contributed by atoms with Crippen LogP contribution in [0.4, 0.5) is 0 Å². The van der Waals surface area contributed by atoms with Gasteiger partial charge in [-0.25, -0.2) is 4.98 Å². The van der Waals surface area contributed by atoms with Gasteiger partial charge < -0.3 is 9.84 Å². The Morgan fingerprint density at radius 3 is 2.75 bits per heavy atom. The molecule has 0 fully saturated rings. The average Bonchev–Trinajstić information content (AvgIpc) is 3.26. The van der Waals surface area contributed by atoms with Crippen LogP contribution in [0.5, 0.6) is 0 Å². The highest BCUT2D eigenvalue weighted by Crippen LogP contribution is 2.24. The van der Waals surface area contributed by atoms with E-state index in [1.807, 2.05) is 35.7 Å². The monoisotopic (exact) mass is 341 g/mol. The number of rotatable bonds is 6. The molecule has 1 unspecified atom stereocenters. The van der Waals surface area contributed by atoms with Gasteiger partial charge in [-0.3, -0.25) is 4.79 Å². The van der Waals surface area contributed by atoms with Crippen LogP contribution in [0.25, 0.3) is 11.3 Å². The van der Waals surface area contributed by atoms with Crippen LogP contribution in [0, 0.1) is 5.92 Å². The maximum absolute atomic E-state index is 12.5. The summed E-state index contributed by atoms with van der Waals surface area (Å²) in [6.45, 7) is 4.24. The van der Waals surface area contributed by atoms with Crippen LogP contribution in [0.1, 0.15) is 41.8 Å². The van der Waals surface area contributed by atoms with Crippen molar-refractivity contribution >= 4 is 17.2 Å². The molecule has 3 rings (SSSR count). The summed E-state index contributed by atoms with van der Waals surface area (Å²) >= 11 is 1.54. The normalized spacial score (nSPS) is 12.3. The lowest BCUT2D eigenvalue weighted by Crippen LogP contribution is -2.29. The Balaban J connectivity index is 1.75. The van der Waals surface area contributed by atoms with Crippen LogP contribution in [0.3, 0.4) is 0 Å². The lowest BCUT2D eigenvalue weighted by atomic mass is 10.0. The highest BCUT2D eigenvalue weighted by molar-refractivity contribution is 7.09. The highest BCUT2D eigenvalue weighted by Gasteiger charge is 2.21. The first-order valence-electron chi connectivity index (χ1n) is 7.86. The van der Waals surface area contributed by atoms with Crippen LogP contribution in [0.15, 0.2) is 52.5 Å². The summed E-state index contributed by atoms with van der Waals surface area (Å²) in [5.41, 5.74) is 1.17. The third-order valence-electron chi connectivity index (χ3n) is 3.56. The van der Waals surface area contributed by atoms with Crippen molar-refractivity contribution in [3.8, 4) is 11.3 Å². The maximum Gasteiger partial charge on any atom is 0.274 e. The number of aromatic nitrogens is 2. The molecule has 1 aromatic carbocycles. The fourth-order valence-corrected chi connectivity index (χ4v) is 3.15. The minimum absolute atomic E-state index is 0.116. The van der Waals surface area contributed by atoms with Crippen LogP contribution in [-0.4, -0.2) is 16.0 Å². The van der Waals surface area contributed by atoms with Gasteiger partial charge in [-0.15, -0.1) is 11.3 Å². The van der Waals surface area contributed by atoms with E-state index in [9.17, 15) is 4.79 Å². The van der Waals surface area contributed by atoms with Crippen molar-refractivity contribution in [2.75, 3.05) is 0 Å². The first kappa shape index (κ1) is 16.4. The number of hydrogen-bond donors (Lipinski definition) is 1. The lowest BCUT2D eigenvalue weighted by Gasteiger charge is -2.17. The van der Waals surface area contributed by atoms with Crippen molar-refractivity contribution in [1.29, 1.82) is 0 Å². The van der Waals surface area contributed by atoms with E-state index >= 15 is 0 Å². The number of hydrogen-bond acceptors (Lipinski definition) is 5. The quantitative estimate of drug-likeness (QED) is 0.725. The molecule has 1 amide bonds. The summed E-state index contributed by atoms with van der Waals surface area (Å²) in [6, 6.07) is 11.1. The molecule has 2 aromatic heterocycles. The molecule has 0 saturated heterocycles. The second-order valence-electron chi connectivity index (χ2n) is 5.97. The molecule has 0 aliphatic rings. The van der Waals surface area contributed by atoms with Crippen molar-refractivity contribution in [1.82, 2.24) is 15.5 Å². The fraction of sp³-hybridized carbons (Fsp3) is 0.278. The third-order valence-corrected chi connectivity index (χ3v) is 4.45. The van der Waals surface area contributed by atoms with Crippen LogP contribution >= 0.6 is 11.3 Å². The first-order chi connectivity index (χ1) is 11.6. The molecule has 5 nitrogen and oxygen atoms in total. The second kappa shape index (κ2) is 7.40. The molecule has 24 heavy (non-hydrogen) atoms. The molecule has 1 N–H and O–H groups in total. The zero-order valence-corrected chi connectivity index (χ0v) is 14.4. The first-order valence-corrected chi connectivity index (χ1v) is 8.74. The van der Waals surface area contributed by atoms with Crippen molar-refractivity contribution < 1.29 is 9.32 Å². The molecular formula is C18H19N3O2S. The number of carbonyl (C=O) groups excluding carboxylic acids is 1. The molecule has 124 valence electrons. The van der Waals surface area contributed by atoms with Gasteiger partial charge in [0.15, 0.2) is 11.5 Å². The van der Waals surface area contributed by atoms with Gasteiger partial charge in [0.1, 0.15) is 5.01 Å². The molecule has 3 aromatic rings. The van der Waals surface area contributed by atoms with Crippen LogP contribution in [-0.2, 0) is 0 Å². The summed E-state index contributed by atoms with van der Waals surface area (Å²) in [4.78, 5) is 16.8. The Hall–Kier alpha value is -2.47. The van der Waals surface area contributed by atoms with Gasteiger partial charge in [0.25, 0.3) is 5.91 Å². The minimum atomic E-state index is -0.248. The van der Waals surface area contributed by atoms with Crippen molar-refractivity contribution in [3.05, 3.63) is 58.7 Å². The Morgan fingerprint density at radius 1 is 1.29 bits per heavy atom. The minimum Gasteiger partial charge on any atom is -0.355 e. The molecule has 0 radical (unpaired) electrons. The average molecular weight is 341 g/mol. The number of thiazole rings is 1. The fourth-order valence-electron chi connectivity index (χ4n) is 2.45. The van der Waals surface area contributed by atoms with Crippen molar-refractivity contribution in [2.45, 2.75) is 26.3 Å². The molecule has 2 heterocycles. The van der Waals surface area contributed by atoms with Crippen molar-refractivity contribution in [2.24, 2.45) is 5.92 Å². The standard InChI is InChI=1S/C18H19N3O2S/c1-12(2)10-15(18-19-8-9-24-18)20-17(22)14-11-16(23-21-14)13-6-4-3-5-7-13/h3-9,11-12,15H,10H2,1-2H3,(H,20,22). The summed E-state index contributed by atoms with van der Waals surface area (Å²) < 4.78 is 5.30. The third kappa shape index (κ3) is 3.89. The SMILES string of the molecule is CC(C)CC(NC(=O)c1cc(-c2ccccc2)on1)c1nccs1.